The Morgan fingerprint density at radius 2 is 1.72 bits per heavy atom. The molecule has 0 unspecified atom stereocenters. The van der Waals surface area contributed by atoms with Gasteiger partial charge in [-0.05, 0) is 42.5 Å². The first-order valence-corrected chi connectivity index (χ1v) is 11.9. The highest BCUT2D eigenvalue weighted by molar-refractivity contribution is 7.92. The molecule has 9 nitrogen and oxygen atoms in total. The number of rotatable bonds is 6. The van der Waals surface area contributed by atoms with Crippen molar-refractivity contribution in [1.29, 1.82) is 0 Å². The van der Waals surface area contributed by atoms with E-state index in [1.54, 1.807) is 6.07 Å². The number of anilines is 1. The Bertz CT molecular complexity index is 1270. The highest BCUT2D eigenvalue weighted by Gasteiger charge is 2.21. The molecule has 0 saturated heterocycles. The molecule has 0 aliphatic heterocycles. The number of carbonyl (C=O) groups is 1. The number of carbonyl (C=O) groups excluding carboxylic acids is 1. The van der Waals surface area contributed by atoms with E-state index in [0.29, 0.717) is 10.6 Å². The standard InChI is InChI=1S/C17H14ClN3O6S2/c1-28(23,24)14-4-2-3-11(9-14)16-20-21-17(27-16)19-15(22)10-29(25,26)13-7-5-12(18)6-8-13/h2-9H,10H2,1H3,(H,19,21,22). The van der Waals surface area contributed by atoms with Crippen LogP contribution in [-0.2, 0) is 24.5 Å². The molecular formula is C17H14ClN3O6S2. The van der Waals surface area contributed by atoms with Crippen LogP contribution >= 0.6 is 11.6 Å². The number of sulfone groups is 2. The minimum Gasteiger partial charge on any atom is -0.403 e. The lowest BCUT2D eigenvalue weighted by atomic mass is 10.2. The number of halogens is 1. The molecule has 0 atom stereocenters. The van der Waals surface area contributed by atoms with Crippen molar-refractivity contribution in [2.24, 2.45) is 0 Å². The Balaban J connectivity index is 1.73. The van der Waals surface area contributed by atoms with E-state index in [9.17, 15) is 21.6 Å². The van der Waals surface area contributed by atoms with Crippen LogP contribution in [0, 0.1) is 0 Å². The first-order valence-electron chi connectivity index (χ1n) is 7.97. The summed E-state index contributed by atoms with van der Waals surface area (Å²) in [5.41, 5.74) is 0.328. The van der Waals surface area contributed by atoms with Crippen molar-refractivity contribution in [3.63, 3.8) is 0 Å². The largest absolute Gasteiger partial charge is 0.403 e. The van der Waals surface area contributed by atoms with E-state index in [4.69, 9.17) is 16.0 Å². The molecule has 0 aliphatic rings. The number of nitrogens with one attached hydrogen (secondary N) is 1. The third-order valence-corrected chi connectivity index (χ3v) is 6.67. The summed E-state index contributed by atoms with van der Waals surface area (Å²) < 4.78 is 53.1. The van der Waals surface area contributed by atoms with Gasteiger partial charge in [0.2, 0.25) is 11.8 Å². The fraction of sp³-hybridized carbons (Fsp3) is 0.118. The van der Waals surface area contributed by atoms with Gasteiger partial charge in [-0.2, -0.15) is 0 Å². The summed E-state index contributed by atoms with van der Waals surface area (Å²) in [5.74, 6) is -1.75. The second-order valence-electron chi connectivity index (χ2n) is 5.97. The van der Waals surface area contributed by atoms with Crippen LogP contribution in [0.25, 0.3) is 11.5 Å². The number of benzene rings is 2. The fourth-order valence-corrected chi connectivity index (χ4v) is 4.23. The van der Waals surface area contributed by atoms with Gasteiger partial charge in [0.25, 0.3) is 0 Å². The predicted molar refractivity (Wildman–Crippen MR) is 105 cm³/mol. The van der Waals surface area contributed by atoms with Gasteiger partial charge in [-0.3, -0.25) is 10.1 Å². The van der Waals surface area contributed by atoms with Gasteiger partial charge in [0.15, 0.2) is 19.7 Å². The van der Waals surface area contributed by atoms with Crippen molar-refractivity contribution in [1.82, 2.24) is 10.2 Å². The average Bonchev–Trinajstić information content (AvgIpc) is 3.09. The molecule has 0 fully saturated rings. The van der Waals surface area contributed by atoms with Gasteiger partial charge in [-0.15, -0.1) is 5.10 Å². The number of aromatic nitrogens is 2. The van der Waals surface area contributed by atoms with Crippen molar-refractivity contribution in [2.75, 3.05) is 17.3 Å². The maximum atomic E-state index is 12.3. The third-order valence-electron chi connectivity index (χ3n) is 3.67. The Morgan fingerprint density at radius 3 is 2.38 bits per heavy atom. The molecule has 1 heterocycles. The molecule has 0 spiro atoms. The number of hydrogen-bond acceptors (Lipinski definition) is 8. The molecule has 0 aliphatic carbocycles. The summed E-state index contributed by atoms with van der Waals surface area (Å²) in [4.78, 5) is 12.1. The molecule has 1 N–H and O–H groups in total. The lowest BCUT2D eigenvalue weighted by Gasteiger charge is -2.04. The van der Waals surface area contributed by atoms with Crippen molar-refractivity contribution in [3.8, 4) is 11.5 Å². The smallest absolute Gasteiger partial charge is 0.322 e. The lowest BCUT2D eigenvalue weighted by molar-refractivity contribution is -0.114. The monoisotopic (exact) mass is 455 g/mol. The number of hydrogen-bond donors (Lipinski definition) is 1. The van der Waals surface area contributed by atoms with Crippen LogP contribution in [0.1, 0.15) is 0 Å². The summed E-state index contributed by atoms with van der Waals surface area (Å²) in [6.45, 7) is 0. The molecular weight excluding hydrogens is 442 g/mol. The van der Waals surface area contributed by atoms with E-state index >= 15 is 0 Å². The van der Waals surface area contributed by atoms with E-state index < -0.39 is 31.3 Å². The first-order chi connectivity index (χ1) is 13.5. The van der Waals surface area contributed by atoms with Gasteiger partial charge in [-0.1, -0.05) is 22.8 Å². The first kappa shape index (κ1) is 21.0. The molecule has 3 rings (SSSR count). The van der Waals surface area contributed by atoms with Crippen LogP contribution in [0.15, 0.2) is 62.7 Å². The quantitative estimate of drug-likeness (QED) is 0.597. The number of amides is 1. The van der Waals surface area contributed by atoms with Crippen LogP contribution < -0.4 is 5.32 Å². The maximum Gasteiger partial charge on any atom is 0.322 e. The van der Waals surface area contributed by atoms with Gasteiger partial charge in [-0.25, -0.2) is 16.8 Å². The highest BCUT2D eigenvalue weighted by atomic mass is 35.5. The molecule has 1 aromatic heterocycles. The van der Waals surface area contributed by atoms with Gasteiger partial charge in [0.1, 0.15) is 5.75 Å². The van der Waals surface area contributed by atoms with E-state index in [-0.39, 0.29) is 21.7 Å². The summed E-state index contributed by atoms with van der Waals surface area (Å²) >= 11 is 5.73. The molecule has 29 heavy (non-hydrogen) atoms. The van der Waals surface area contributed by atoms with E-state index in [1.165, 1.54) is 42.5 Å². The van der Waals surface area contributed by atoms with E-state index in [0.717, 1.165) is 6.26 Å². The fourth-order valence-electron chi connectivity index (χ4n) is 2.30. The zero-order valence-corrected chi connectivity index (χ0v) is 17.3. The molecule has 0 radical (unpaired) electrons. The molecule has 2 aromatic carbocycles. The summed E-state index contributed by atoms with van der Waals surface area (Å²) in [6.07, 6.45) is 1.06. The predicted octanol–water partition coefficient (Wildman–Crippen LogP) is 2.21. The van der Waals surface area contributed by atoms with Crippen LogP contribution in [0.3, 0.4) is 0 Å². The molecule has 3 aromatic rings. The van der Waals surface area contributed by atoms with Crippen molar-refractivity contribution in [3.05, 3.63) is 53.6 Å². The van der Waals surface area contributed by atoms with E-state index in [1.807, 2.05) is 0 Å². The summed E-state index contributed by atoms with van der Waals surface area (Å²) in [7, 11) is -7.32. The Kier molecular flexibility index (Phi) is 5.73. The maximum absolute atomic E-state index is 12.3. The van der Waals surface area contributed by atoms with Crippen molar-refractivity contribution < 1.29 is 26.0 Å². The molecule has 0 saturated carbocycles. The molecule has 12 heteroatoms. The SMILES string of the molecule is CS(=O)(=O)c1cccc(-c2nnc(NC(=O)CS(=O)(=O)c3ccc(Cl)cc3)o2)c1. The van der Waals surface area contributed by atoms with Crippen LogP contribution in [0.5, 0.6) is 0 Å². The second kappa shape index (κ2) is 7.93. The lowest BCUT2D eigenvalue weighted by Crippen LogP contribution is -2.23. The van der Waals surface area contributed by atoms with Gasteiger partial charge >= 0.3 is 6.01 Å². The topological polar surface area (TPSA) is 136 Å². The van der Waals surface area contributed by atoms with Crippen molar-refractivity contribution in [2.45, 2.75) is 9.79 Å². The van der Waals surface area contributed by atoms with E-state index in [2.05, 4.69) is 15.5 Å². The average molecular weight is 456 g/mol. The zero-order valence-electron chi connectivity index (χ0n) is 14.9. The Hall–Kier alpha value is -2.76. The summed E-state index contributed by atoms with van der Waals surface area (Å²) in [5, 5.41) is 9.94. The molecule has 1 amide bonds. The highest BCUT2D eigenvalue weighted by Crippen LogP contribution is 2.23. The summed E-state index contributed by atoms with van der Waals surface area (Å²) in [6, 6.07) is 10.9. The van der Waals surface area contributed by atoms with Crippen LogP contribution in [0.2, 0.25) is 5.02 Å². The number of nitrogens with zero attached hydrogens (tertiary/aromatic N) is 2. The van der Waals surface area contributed by atoms with Gasteiger partial charge in [0.05, 0.1) is 9.79 Å². The molecule has 0 bridgehead atoms. The Labute approximate surface area is 171 Å². The van der Waals surface area contributed by atoms with Gasteiger partial charge < -0.3 is 4.42 Å². The normalized spacial score (nSPS) is 11.9. The Morgan fingerprint density at radius 1 is 1.03 bits per heavy atom. The zero-order chi connectivity index (χ0) is 21.2. The van der Waals surface area contributed by atoms with Crippen LogP contribution in [0.4, 0.5) is 6.01 Å². The van der Waals surface area contributed by atoms with Gasteiger partial charge in [0, 0.05) is 16.8 Å². The minimum absolute atomic E-state index is 0.0358. The third kappa shape index (κ3) is 5.19. The second-order valence-corrected chi connectivity index (χ2v) is 10.4. The van der Waals surface area contributed by atoms with Crippen molar-refractivity contribution >= 4 is 43.2 Å². The minimum atomic E-state index is -3.89. The molecule has 152 valence electrons. The van der Waals surface area contributed by atoms with Crippen LogP contribution in [-0.4, -0.2) is 44.9 Å².